The van der Waals surface area contributed by atoms with Crippen LogP contribution in [0.5, 0.6) is 0 Å². The third-order valence-corrected chi connectivity index (χ3v) is 3.24. The smallest absolute Gasteiger partial charge is 0.151 e. The fraction of sp³-hybridized carbons (Fsp3) is 0.385. The van der Waals surface area contributed by atoms with Gasteiger partial charge in [0.1, 0.15) is 0 Å². The third-order valence-electron chi connectivity index (χ3n) is 3.24. The molecule has 0 spiro atoms. The standard InChI is InChI=1S/C13H17N5/c1-10-9-18(7-6-15-10)13-3-2-12(16-17-13)11-4-5-14-8-11/h2-5,8,10,14-15H,6-7,9H2,1H3. The van der Waals surface area contributed by atoms with Gasteiger partial charge in [-0.3, -0.25) is 0 Å². The molecule has 2 aromatic rings. The zero-order valence-corrected chi connectivity index (χ0v) is 10.4. The lowest BCUT2D eigenvalue weighted by Crippen LogP contribution is -2.49. The summed E-state index contributed by atoms with van der Waals surface area (Å²) in [6, 6.07) is 6.58. The molecule has 94 valence electrons. The van der Waals surface area contributed by atoms with Crippen molar-refractivity contribution in [1.82, 2.24) is 20.5 Å². The topological polar surface area (TPSA) is 56.8 Å². The van der Waals surface area contributed by atoms with Crippen LogP contribution in [0.4, 0.5) is 5.82 Å². The number of aromatic nitrogens is 3. The van der Waals surface area contributed by atoms with Gasteiger partial charge in [-0.1, -0.05) is 0 Å². The van der Waals surface area contributed by atoms with E-state index < -0.39 is 0 Å². The van der Waals surface area contributed by atoms with E-state index in [4.69, 9.17) is 0 Å². The molecule has 2 aromatic heterocycles. The summed E-state index contributed by atoms with van der Waals surface area (Å²) in [6.45, 7) is 5.16. The lowest BCUT2D eigenvalue weighted by atomic mass is 10.2. The van der Waals surface area contributed by atoms with Crippen LogP contribution in [0.1, 0.15) is 6.92 Å². The minimum absolute atomic E-state index is 0.505. The predicted molar refractivity (Wildman–Crippen MR) is 71.5 cm³/mol. The average Bonchev–Trinajstić information content (AvgIpc) is 2.93. The van der Waals surface area contributed by atoms with Crippen molar-refractivity contribution >= 4 is 5.82 Å². The van der Waals surface area contributed by atoms with Crippen LogP contribution in [0, 0.1) is 0 Å². The Bertz CT molecular complexity index is 491. The zero-order chi connectivity index (χ0) is 12.4. The summed E-state index contributed by atoms with van der Waals surface area (Å²) in [4.78, 5) is 5.30. The molecule has 5 nitrogen and oxygen atoms in total. The number of aromatic amines is 1. The quantitative estimate of drug-likeness (QED) is 0.834. The summed E-state index contributed by atoms with van der Waals surface area (Å²) in [5.74, 6) is 0.961. The van der Waals surface area contributed by atoms with Gasteiger partial charge in [-0.2, -0.15) is 0 Å². The molecule has 2 N–H and O–H groups in total. The van der Waals surface area contributed by atoms with Gasteiger partial charge >= 0.3 is 0 Å². The highest BCUT2D eigenvalue weighted by atomic mass is 15.3. The summed E-state index contributed by atoms with van der Waals surface area (Å²) in [6.07, 6.45) is 3.82. The number of anilines is 1. The van der Waals surface area contributed by atoms with Crippen LogP contribution in [-0.4, -0.2) is 40.9 Å². The van der Waals surface area contributed by atoms with Crippen molar-refractivity contribution in [1.29, 1.82) is 0 Å². The molecular formula is C13H17N5. The van der Waals surface area contributed by atoms with Gasteiger partial charge in [0.05, 0.1) is 5.69 Å². The largest absolute Gasteiger partial charge is 0.367 e. The molecule has 5 heteroatoms. The van der Waals surface area contributed by atoms with Gasteiger partial charge in [-0.25, -0.2) is 0 Å². The SMILES string of the molecule is CC1CN(c2ccc(-c3cc[nH]c3)nn2)CCN1. The summed E-state index contributed by atoms with van der Waals surface area (Å²) < 4.78 is 0. The van der Waals surface area contributed by atoms with Gasteiger partial charge in [0, 0.05) is 43.6 Å². The van der Waals surface area contributed by atoms with E-state index in [-0.39, 0.29) is 0 Å². The molecule has 0 bridgehead atoms. The number of H-pyrrole nitrogens is 1. The molecule has 1 unspecified atom stereocenters. The predicted octanol–water partition coefficient (Wildman–Crippen LogP) is 1.27. The zero-order valence-electron chi connectivity index (χ0n) is 10.4. The number of hydrogen-bond donors (Lipinski definition) is 2. The highest BCUT2D eigenvalue weighted by molar-refractivity contribution is 5.58. The summed E-state index contributed by atoms with van der Waals surface area (Å²) >= 11 is 0. The van der Waals surface area contributed by atoms with Crippen molar-refractivity contribution in [2.45, 2.75) is 13.0 Å². The minimum atomic E-state index is 0.505. The molecule has 0 radical (unpaired) electrons. The Labute approximate surface area is 106 Å². The van der Waals surface area contributed by atoms with Crippen LogP contribution in [0.2, 0.25) is 0 Å². The highest BCUT2D eigenvalue weighted by Gasteiger charge is 2.17. The number of nitrogens with zero attached hydrogens (tertiary/aromatic N) is 3. The van der Waals surface area contributed by atoms with Crippen molar-refractivity contribution < 1.29 is 0 Å². The van der Waals surface area contributed by atoms with E-state index in [1.54, 1.807) is 0 Å². The first-order chi connectivity index (χ1) is 8.83. The van der Waals surface area contributed by atoms with Crippen molar-refractivity contribution in [3.63, 3.8) is 0 Å². The van der Waals surface area contributed by atoms with Crippen LogP contribution < -0.4 is 10.2 Å². The number of nitrogens with one attached hydrogen (secondary N) is 2. The van der Waals surface area contributed by atoms with Crippen molar-refractivity contribution in [2.24, 2.45) is 0 Å². The normalized spacial score (nSPS) is 20.1. The monoisotopic (exact) mass is 243 g/mol. The third kappa shape index (κ3) is 2.22. The first kappa shape index (κ1) is 11.2. The number of hydrogen-bond acceptors (Lipinski definition) is 4. The minimum Gasteiger partial charge on any atom is -0.367 e. The van der Waals surface area contributed by atoms with Crippen molar-refractivity contribution in [2.75, 3.05) is 24.5 Å². The number of rotatable bonds is 2. The molecule has 1 fully saturated rings. The molecule has 0 amide bonds. The number of piperazine rings is 1. The van der Waals surface area contributed by atoms with Gasteiger partial charge in [-0.15, -0.1) is 10.2 Å². The summed E-state index contributed by atoms with van der Waals surface area (Å²) in [5, 5.41) is 12.0. The fourth-order valence-corrected chi connectivity index (χ4v) is 2.27. The fourth-order valence-electron chi connectivity index (χ4n) is 2.27. The first-order valence-electron chi connectivity index (χ1n) is 6.28. The maximum Gasteiger partial charge on any atom is 0.151 e. The molecule has 3 rings (SSSR count). The van der Waals surface area contributed by atoms with E-state index in [0.717, 1.165) is 36.7 Å². The van der Waals surface area contributed by atoms with E-state index in [9.17, 15) is 0 Å². The Kier molecular flexibility index (Phi) is 2.98. The average molecular weight is 243 g/mol. The van der Waals surface area contributed by atoms with Crippen LogP contribution >= 0.6 is 0 Å². The Morgan fingerprint density at radius 2 is 2.22 bits per heavy atom. The van der Waals surface area contributed by atoms with Crippen molar-refractivity contribution in [3.8, 4) is 11.3 Å². The molecule has 1 atom stereocenters. The van der Waals surface area contributed by atoms with E-state index in [2.05, 4.69) is 32.3 Å². The van der Waals surface area contributed by atoms with Gasteiger partial charge < -0.3 is 15.2 Å². The molecule has 1 aliphatic heterocycles. The van der Waals surface area contributed by atoms with E-state index >= 15 is 0 Å². The van der Waals surface area contributed by atoms with Gasteiger partial charge in [0.2, 0.25) is 0 Å². The molecule has 18 heavy (non-hydrogen) atoms. The molecule has 0 aromatic carbocycles. The molecule has 1 saturated heterocycles. The van der Waals surface area contributed by atoms with Crippen LogP contribution in [0.15, 0.2) is 30.6 Å². The van der Waals surface area contributed by atoms with Crippen LogP contribution in [-0.2, 0) is 0 Å². The maximum absolute atomic E-state index is 4.33. The highest BCUT2D eigenvalue weighted by Crippen LogP contribution is 2.18. The molecular weight excluding hydrogens is 226 g/mol. The van der Waals surface area contributed by atoms with Gasteiger partial charge in [0.15, 0.2) is 5.82 Å². The lowest BCUT2D eigenvalue weighted by Gasteiger charge is -2.32. The van der Waals surface area contributed by atoms with Crippen LogP contribution in [0.25, 0.3) is 11.3 Å². The van der Waals surface area contributed by atoms with E-state index in [1.165, 1.54) is 0 Å². The van der Waals surface area contributed by atoms with Gasteiger partial charge in [-0.05, 0) is 25.1 Å². The van der Waals surface area contributed by atoms with E-state index in [1.807, 2.05) is 30.6 Å². The Morgan fingerprint density at radius 3 is 2.89 bits per heavy atom. The molecule has 1 aliphatic rings. The lowest BCUT2D eigenvalue weighted by molar-refractivity contribution is 0.481. The second kappa shape index (κ2) is 4.78. The first-order valence-corrected chi connectivity index (χ1v) is 6.28. The molecule has 3 heterocycles. The second-order valence-electron chi connectivity index (χ2n) is 4.68. The molecule has 0 saturated carbocycles. The Morgan fingerprint density at radius 1 is 1.28 bits per heavy atom. The Balaban J connectivity index is 1.78. The molecule has 0 aliphatic carbocycles. The maximum atomic E-state index is 4.33. The van der Waals surface area contributed by atoms with Crippen LogP contribution in [0.3, 0.4) is 0 Å². The second-order valence-corrected chi connectivity index (χ2v) is 4.68. The summed E-state index contributed by atoms with van der Waals surface area (Å²) in [5.41, 5.74) is 1.98. The van der Waals surface area contributed by atoms with Gasteiger partial charge in [0.25, 0.3) is 0 Å². The van der Waals surface area contributed by atoms with E-state index in [0.29, 0.717) is 6.04 Å². The van der Waals surface area contributed by atoms with Crippen molar-refractivity contribution in [3.05, 3.63) is 30.6 Å². The Hall–Kier alpha value is -1.88. The summed E-state index contributed by atoms with van der Waals surface area (Å²) in [7, 11) is 0.